The first-order chi connectivity index (χ1) is 8.55. The standard InChI is InChI=1S/C13H25N3O2.HI/c1-10-8-16(6-7-18-10)12(14)15-9-13(2,17-3)11-4-5-11;/h10-11H,4-9H2,1-3H3,(H2,14,15);1H. The van der Waals surface area contributed by atoms with Crippen LogP contribution in [0.4, 0.5) is 0 Å². The monoisotopic (exact) mass is 383 g/mol. The molecule has 0 amide bonds. The van der Waals surface area contributed by atoms with Crippen LogP contribution in [0.5, 0.6) is 0 Å². The first-order valence-corrected chi connectivity index (χ1v) is 6.77. The van der Waals surface area contributed by atoms with Gasteiger partial charge >= 0.3 is 0 Å². The number of hydrogen-bond acceptors (Lipinski definition) is 3. The molecule has 1 aliphatic carbocycles. The van der Waals surface area contributed by atoms with Gasteiger partial charge in [0.05, 0.1) is 24.9 Å². The van der Waals surface area contributed by atoms with Gasteiger partial charge in [0.2, 0.25) is 0 Å². The molecule has 2 fully saturated rings. The van der Waals surface area contributed by atoms with Crippen LogP contribution in [0, 0.1) is 5.92 Å². The zero-order valence-corrected chi connectivity index (χ0v) is 14.4. The van der Waals surface area contributed by atoms with E-state index in [2.05, 4.69) is 23.7 Å². The molecule has 2 N–H and O–H groups in total. The molecular weight excluding hydrogens is 357 g/mol. The number of methoxy groups -OCH3 is 1. The first kappa shape index (κ1) is 17.0. The zero-order valence-electron chi connectivity index (χ0n) is 12.1. The molecule has 6 heteroatoms. The number of morpholine rings is 1. The van der Waals surface area contributed by atoms with Crippen LogP contribution in [0.25, 0.3) is 0 Å². The summed E-state index contributed by atoms with van der Waals surface area (Å²) in [6.45, 7) is 7.20. The zero-order chi connectivity index (χ0) is 13.2. The van der Waals surface area contributed by atoms with E-state index >= 15 is 0 Å². The number of nitrogens with two attached hydrogens (primary N) is 1. The van der Waals surface area contributed by atoms with Crippen molar-refractivity contribution in [1.82, 2.24) is 4.90 Å². The molecule has 0 aromatic heterocycles. The summed E-state index contributed by atoms with van der Waals surface area (Å²) in [5.74, 6) is 1.26. The van der Waals surface area contributed by atoms with Crippen LogP contribution in [0.3, 0.4) is 0 Å². The summed E-state index contributed by atoms with van der Waals surface area (Å²) in [6, 6.07) is 0. The van der Waals surface area contributed by atoms with E-state index in [1.54, 1.807) is 7.11 Å². The third-order valence-electron chi connectivity index (χ3n) is 4.03. The molecule has 2 aliphatic rings. The van der Waals surface area contributed by atoms with Gasteiger partial charge in [-0.3, -0.25) is 4.99 Å². The lowest BCUT2D eigenvalue weighted by Gasteiger charge is -2.33. The summed E-state index contributed by atoms with van der Waals surface area (Å²) < 4.78 is 11.1. The number of guanidine groups is 1. The summed E-state index contributed by atoms with van der Waals surface area (Å²) in [4.78, 5) is 6.62. The summed E-state index contributed by atoms with van der Waals surface area (Å²) in [5, 5.41) is 0. The highest BCUT2D eigenvalue weighted by atomic mass is 127. The van der Waals surface area contributed by atoms with Crippen LogP contribution in [-0.2, 0) is 9.47 Å². The Morgan fingerprint density at radius 1 is 1.53 bits per heavy atom. The Balaban J connectivity index is 0.00000180. The van der Waals surface area contributed by atoms with E-state index in [4.69, 9.17) is 15.2 Å². The maximum atomic E-state index is 6.06. The van der Waals surface area contributed by atoms with Gasteiger partial charge < -0.3 is 20.1 Å². The van der Waals surface area contributed by atoms with Crippen LogP contribution in [0.1, 0.15) is 26.7 Å². The second kappa shape index (κ2) is 7.08. The smallest absolute Gasteiger partial charge is 0.191 e. The Morgan fingerprint density at radius 3 is 2.74 bits per heavy atom. The molecule has 0 bridgehead atoms. The molecule has 1 heterocycles. The second-order valence-corrected chi connectivity index (χ2v) is 5.59. The molecule has 1 saturated heterocycles. The Morgan fingerprint density at radius 2 is 2.21 bits per heavy atom. The minimum Gasteiger partial charge on any atom is -0.376 e. The predicted octanol–water partition coefficient (Wildman–Crippen LogP) is 1.45. The van der Waals surface area contributed by atoms with Gasteiger partial charge in [-0.1, -0.05) is 0 Å². The number of hydrogen-bond donors (Lipinski definition) is 1. The fourth-order valence-corrected chi connectivity index (χ4v) is 2.42. The minimum absolute atomic E-state index is 0. The molecule has 0 spiro atoms. The fraction of sp³-hybridized carbons (Fsp3) is 0.923. The summed E-state index contributed by atoms with van der Waals surface area (Å²) in [6.07, 6.45) is 2.72. The lowest BCUT2D eigenvalue weighted by atomic mass is 10.0. The fourth-order valence-electron chi connectivity index (χ4n) is 2.42. The van der Waals surface area contributed by atoms with Crippen LogP contribution in [0.15, 0.2) is 4.99 Å². The normalized spacial score (nSPS) is 27.6. The van der Waals surface area contributed by atoms with E-state index in [-0.39, 0.29) is 35.7 Å². The van der Waals surface area contributed by atoms with Crippen molar-refractivity contribution in [2.75, 3.05) is 33.4 Å². The number of halogens is 1. The van der Waals surface area contributed by atoms with Gasteiger partial charge in [-0.15, -0.1) is 24.0 Å². The topological polar surface area (TPSA) is 60.1 Å². The molecule has 5 nitrogen and oxygen atoms in total. The third kappa shape index (κ3) is 4.46. The van der Waals surface area contributed by atoms with Gasteiger partial charge in [0, 0.05) is 20.2 Å². The molecule has 0 aromatic rings. The molecule has 1 saturated carbocycles. The van der Waals surface area contributed by atoms with Crippen molar-refractivity contribution in [2.45, 2.75) is 38.4 Å². The SMILES string of the molecule is COC(C)(CN=C(N)N1CCOC(C)C1)C1CC1.I. The van der Waals surface area contributed by atoms with Crippen molar-refractivity contribution in [2.24, 2.45) is 16.6 Å². The summed E-state index contributed by atoms with van der Waals surface area (Å²) in [7, 11) is 1.76. The number of nitrogens with zero attached hydrogens (tertiary/aromatic N) is 2. The highest BCUT2D eigenvalue weighted by Crippen LogP contribution is 2.41. The highest BCUT2D eigenvalue weighted by molar-refractivity contribution is 14.0. The van der Waals surface area contributed by atoms with Crippen molar-refractivity contribution >= 4 is 29.9 Å². The average Bonchev–Trinajstić information content (AvgIpc) is 3.20. The van der Waals surface area contributed by atoms with Gasteiger partial charge in [0.25, 0.3) is 0 Å². The van der Waals surface area contributed by atoms with E-state index < -0.39 is 0 Å². The molecule has 112 valence electrons. The van der Waals surface area contributed by atoms with E-state index in [1.165, 1.54) is 12.8 Å². The van der Waals surface area contributed by atoms with Crippen molar-refractivity contribution in [3.05, 3.63) is 0 Å². The Bertz CT molecular complexity index is 323. The molecule has 19 heavy (non-hydrogen) atoms. The molecule has 0 radical (unpaired) electrons. The third-order valence-corrected chi connectivity index (χ3v) is 4.03. The van der Waals surface area contributed by atoms with E-state index in [9.17, 15) is 0 Å². The van der Waals surface area contributed by atoms with Crippen LogP contribution >= 0.6 is 24.0 Å². The first-order valence-electron chi connectivity index (χ1n) is 6.77. The van der Waals surface area contributed by atoms with Crippen molar-refractivity contribution in [3.63, 3.8) is 0 Å². The Kier molecular flexibility index (Phi) is 6.32. The molecule has 2 atom stereocenters. The number of ether oxygens (including phenoxy) is 2. The van der Waals surface area contributed by atoms with E-state index in [0.717, 1.165) is 19.7 Å². The molecule has 1 aliphatic heterocycles. The highest BCUT2D eigenvalue weighted by Gasteiger charge is 2.41. The number of aliphatic imine (C=N–C) groups is 1. The molecular formula is C13H26IN3O2. The van der Waals surface area contributed by atoms with Crippen molar-refractivity contribution < 1.29 is 9.47 Å². The van der Waals surface area contributed by atoms with Gasteiger partial charge in [0.15, 0.2) is 5.96 Å². The molecule has 2 rings (SSSR count). The van der Waals surface area contributed by atoms with Gasteiger partial charge in [-0.05, 0) is 32.6 Å². The van der Waals surface area contributed by atoms with Crippen LogP contribution < -0.4 is 5.73 Å². The molecule has 2 unspecified atom stereocenters. The van der Waals surface area contributed by atoms with E-state index in [1.807, 2.05) is 0 Å². The van der Waals surface area contributed by atoms with Gasteiger partial charge in [0.1, 0.15) is 0 Å². The Labute approximate surface area is 132 Å². The van der Waals surface area contributed by atoms with Gasteiger partial charge in [-0.25, -0.2) is 0 Å². The maximum absolute atomic E-state index is 6.06. The lowest BCUT2D eigenvalue weighted by molar-refractivity contribution is -0.00638. The molecule has 0 aromatic carbocycles. The Hall–Kier alpha value is -0.0800. The average molecular weight is 383 g/mol. The van der Waals surface area contributed by atoms with Gasteiger partial charge in [-0.2, -0.15) is 0 Å². The predicted molar refractivity (Wildman–Crippen MR) is 87.0 cm³/mol. The van der Waals surface area contributed by atoms with Crippen LogP contribution in [0.2, 0.25) is 0 Å². The summed E-state index contributed by atoms with van der Waals surface area (Å²) >= 11 is 0. The lowest BCUT2D eigenvalue weighted by Crippen LogP contribution is -2.48. The van der Waals surface area contributed by atoms with E-state index in [0.29, 0.717) is 18.4 Å². The van der Waals surface area contributed by atoms with Crippen molar-refractivity contribution in [3.8, 4) is 0 Å². The minimum atomic E-state index is -0.150. The maximum Gasteiger partial charge on any atom is 0.191 e. The van der Waals surface area contributed by atoms with Crippen LogP contribution in [-0.4, -0.2) is 55.9 Å². The number of rotatable bonds is 4. The van der Waals surface area contributed by atoms with Crippen molar-refractivity contribution in [1.29, 1.82) is 0 Å². The quantitative estimate of drug-likeness (QED) is 0.454. The second-order valence-electron chi connectivity index (χ2n) is 5.59. The summed E-state index contributed by atoms with van der Waals surface area (Å²) in [5.41, 5.74) is 5.91. The largest absolute Gasteiger partial charge is 0.376 e.